The summed E-state index contributed by atoms with van der Waals surface area (Å²) in [7, 11) is 1.52. The summed E-state index contributed by atoms with van der Waals surface area (Å²) < 4.78 is 55.1. The molecule has 180 valence electrons. The maximum absolute atomic E-state index is 14.8. The Morgan fingerprint density at radius 1 is 0.788 bits per heavy atom. The highest BCUT2D eigenvalue weighted by molar-refractivity contribution is 5.31. The zero-order valence-electron chi connectivity index (χ0n) is 19.7. The molecular formula is C28H35F3O2. The van der Waals surface area contributed by atoms with Crippen LogP contribution in [-0.4, -0.2) is 13.2 Å². The van der Waals surface area contributed by atoms with Gasteiger partial charge >= 0.3 is 0 Å². The second-order valence-corrected chi connectivity index (χ2v) is 9.74. The molecule has 0 unspecified atom stereocenters. The van der Waals surface area contributed by atoms with Gasteiger partial charge < -0.3 is 9.47 Å². The van der Waals surface area contributed by atoms with Crippen LogP contribution in [0.3, 0.4) is 0 Å². The molecule has 0 aromatic heterocycles. The Bertz CT molecular complexity index is 929. The largest absolute Gasteiger partial charge is 0.497 e. The molecule has 0 amide bonds. The molecule has 2 aliphatic rings. The fourth-order valence-corrected chi connectivity index (χ4v) is 5.63. The summed E-state index contributed by atoms with van der Waals surface area (Å²) in [5.41, 5.74) is 1.51. The molecule has 0 atom stereocenters. The van der Waals surface area contributed by atoms with Gasteiger partial charge in [0, 0.05) is 11.6 Å². The number of rotatable bonds is 7. The van der Waals surface area contributed by atoms with E-state index in [-0.39, 0.29) is 35.9 Å². The highest BCUT2D eigenvalue weighted by Crippen LogP contribution is 2.39. The molecule has 2 aromatic rings. The van der Waals surface area contributed by atoms with Crippen LogP contribution in [0.15, 0.2) is 30.3 Å². The van der Waals surface area contributed by atoms with E-state index in [1.165, 1.54) is 13.2 Å². The first-order valence-electron chi connectivity index (χ1n) is 12.4. The van der Waals surface area contributed by atoms with E-state index < -0.39 is 11.6 Å². The maximum Gasteiger partial charge on any atom is 0.164 e. The molecule has 2 aromatic carbocycles. The SMILES string of the molecule is CCC1CCC(c2ccc(COC3CCC(c4ccc(OC)cc4F)CC3)c(F)c2F)CC1. The van der Waals surface area contributed by atoms with Gasteiger partial charge in [-0.2, -0.15) is 0 Å². The van der Waals surface area contributed by atoms with Crippen LogP contribution < -0.4 is 4.74 Å². The van der Waals surface area contributed by atoms with Gasteiger partial charge in [-0.05, 0) is 86.3 Å². The molecular weight excluding hydrogens is 425 g/mol. The Hall–Kier alpha value is -2.01. The van der Waals surface area contributed by atoms with Gasteiger partial charge in [-0.25, -0.2) is 13.2 Å². The third-order valence-electron chi connectivity index (χ3n) is 7.85. The van der Waals surface area contributed by atoms with Crippen LogP contribution in [0.4, 0.5) is 13.2 Å². The molecule has 0 saturated heterocycles. The van der Waals surface area contributed by atoms with Crippen molar-refractivity contribution in [3.63, 3.8) is 0 Å². The Labute approximate surface area is 195 Å². The summed E-state index contributed by atoms with van der Waals surface area (Å²) in [4.78, 5) is 0. The van der Waals surface area contributed by atoms with Crippen LogP contribution in [0.1, 0.15) is 93.2 Å². The number of ether oxygens (including phenoxy) is 2. The van der Waals surface area contributed by atoms with Gasteiger partial charge in [0.1, 0.15) is 11.6 Å². The molecule has 2 nitrogen and oxygen atoms in total. The minimum Gasteiger partial charge on any atom is -0.497 e. The number of halogens is 3. The van der Waals surface area contributed by atoms with Crippen molar-refractivity contribution < 1.29 is 22.6 Å². The number of hydrogen-bond acceptors (Lipinski definition) is 2. The third kappa shape index (κ3) is 5.56. The average Bonchev–Trinajstić information content (AvgIpc) is 2.85. The molecule has 0 aliphatic heterocycles. The van der Waals surface area contributed by atoms with E-state index in [1.54, 1.807) is 24.3 Å². The first kappa shape index (κ1) is 24.1. The van der Waals surface area contributed by atoms with Crippen LogP contribution in [-0.2, 0) is 11.3 Å². The lowest BCUT2D eigenvalue weighted by Gasteiger charge is -2.29. The van der Waals surface area contributed by atoms with Crippen LogP contribution in [0.25, 0.3) is 0 Å². The highest BCUT2D eigenvalue weighted by Gasteiger charge is 2.27. The quantitative estimate of drug-likeness (QED) is 0.416. The minimum absolute atomic E-state index is 0.0194. The summed E-state index contributed by atoms with van der Waals surface area (Å²) in [6.07, 6.45) is 8.37. The van der Waals surface area contributed by atoms with Crippen molar-refractivity contribution in [2.45, 2.75) is 89.3 Å². The molecule has 2 fully saturated rings. The van der Waals surface area contributed by atoms with Gasteiger partial charge in [-0.3, -0.25) is 0 Å². The lowest BCUT2D eigenvalue weighted by molar-refractivity contribution is 0.0116. The van der Waals surface area contributed by atoms with Crippen molar-refractivity contribution >= 4 is 0 Å². The molecule has 0 heterocycles. The Morgan fingerprint density at radius 3 is 2.06 bits per heavy atom. The van der Waals surface area contributed by atoms with E-state index in [2.05, 4.69) is 6.92 Å². The van der Waals surface area contributed by atoms with Crippen molar-refractivity contribution in [3.8, 4) is 5.75 Å². The fourth-order valence-electron chi connectivity index (χ4n) is 5.63. The first-order chi connectivity index (χ1) is 16.0. The van der Waals surface area contributed by atoms with Gasteiger partial charge in [0.05, 0.1) is 19.8 Å². The van der Waals surface area contributed by atoms with E-state index in [0.29, 0.717) is 16.9 Å². The van der Waals surface area contributed by atoms with Crippen LogP contribution in [0.2, 0.25) is 0 Å². The molecule has 2 aliphatic carbocycles. The zero-order valence-corrected chi connectivity index (χ0v) is 19.7. The van der Waals surface area contributed by atoms with Gasteiger partial charge in [0.2, 0.25) is 0 Å². The normalized spacial score (nSPS) is 25.7. The average molecular weight is 461 g/mol. The van der Waals surface area contributed by atoms with E-state index >= 15 is 0 Å². The highest BCUT2D eigenvalue weighted by atomic mass is 19.2. The van der Waals surface area contributed by atoms with Crippen LogP contribution in [0.5, 0.6) is 5.75 Å². The smallest absolute Gasteiger partial charge is 0.164 e. The summed E-state index contributed by atoms with van der Waals surface area (Å²) in [5.74, 6) is -0.202. The Kier molecular flexibility index (Phi) is 8.00. The molecule has 0 radical (unpaired) electrons. The van der Waals surface area contributed by atoms with Crippen molar-refractivity contribution in [1.82, 2.24) is 0 Å². The number of benzene rings is 2. The van der Waals surface area contributed by atoms with Crippen molar-refractivity contribution in [3.05, 3.63) is 64.5 Å². The van der Waals surface area contributed by atoms with Gasteiger partial charge in [0.25, 0.3) is 0 Å². The molecule has 33 heavy (non-hydrogen) atoms. The summed E-state index contributed by atoms with van der Waals surface area (Å²) in [6, 6.07) is 8.47. The van der Waals surface area contributed by atoms with Gasteiger partial charge in [0.15, 0.2) is 11.6 Å². The molecule has 4 rings (SSSR count). The lowest BCUT2D eigenvalue weighted by Crippen LogP contribution is -2.21. The zero-order chi connectivity index (χ0) is 23.4. The maximum atomic E-state index is 14.8. The predicted octanol–water partition coefficient (Wildman–Crippen LogP) is 8.04. The van der Waals surface area contributed by atoms with Crippen LogP contribution in [0, 0.1) is 23.4 Å². The molecule has 0 bridgehead atoms. The standard InChI is InChI=1S/C28H35F3O2/c1-3-18-4-6-20(7-5-18)25-14-10-21(27(30)28(25)31)17-33-22-11-8-19(9-12-22)24-15-13-23(32-2)16-26(24)29/h10,13-16,18-20,22H,3-9,11-12,17H2,1-2H3. The van der Waals surface area contributed by atoms with Crippen molar-refractivity contribution in [2.75, 3.05) is 7.11 Å². The summed E-state index contributed by atoms with van der Waals surface area (Å²) >= 11 is 0. The topological polar surface area (TPSA) is 18.5 Å². The molecule has 0 spiro atoms. The van der Waals surface area contributed by atoms with Crippen LogP contribution >= 0.6 is 0 Å². The molecule has 5 heteroatoms. The second kappa shape index (κ2) is 10.9. The summed E-state index contributed by atoms with van der Waals surface area (Å²) in [6.45, 7) is 2.27. The Balaban J connectivity index is 1.30. The fraction of sp³-hybridized carbons (Fsp3) is 0.571. The van der Waals surface area contributed by atoms with E-state index in [1.807, 2.05) is 0 Å². The second-order valence-electron chi connectivity index (χ2n) is 9.74. The lowest BCUT2D eigenvalue weighted by atomic mass is 9.77. The van der Waals surface area contributed by atoms with E-state index in [0.717, 1.165) is 63.7 Å². The first-order valence-corrected chi connectivity index (χ1v) is 12.4. The van der Waals surface area contributed by atoms with Gasteiger partial charge in [-0.15, -0.1) is 0 Å². The third-order valence-corrected chi connectivity index (χ3v) is 7.85. The Morgan fingerprint density at radius 2 is 1.42 bits per heavy atom. The minimum atomic E-state index is -0.765. The van der Waals surface area contributed by atoms with E-state index in [4.69, 9.17) is 9.47 Å². The number of methoxy groups -OCH3 is 1. The molecule has 0 N–H and O–H groups in total. The predicted molar refractivity (Wildman–Crippen MR) is 124 cm³/mol. The van der Waals surface area contributed by atoms with E-state index in [9.17, 15) is 13.2 Å². The van der Waals surface area contributed by atoms with Gasteiger partial charge in [-0.1, -0.05) is 31.5 Å². The van der Waals surface area contributed by atoms with Crippen molar-refractivity contribution in [2.24, 2.45) is 5.92 Å². The molecule has 2 saturated carbocycles. The van der Waals surface area contributed by atoms with Crippen molar-refractivity contribution in [1.29, 1.82) is 0 Å². The summed E-state index contributed by atoms with van der Waals surface area (Å²) in [5, 5.41) is 0. The monoisotopic (exact) mass is 460 g/mol. The number of hydrogen-bond donors (Lipinski definition) is 0.